The molecule has 15 heavy (non-hydrogen) atoms. The summed E-state index contributed by atoms with van der Waals surface area (Å²) in [6, 6.07) is 5.36. The van der Waals surface area contributed by atoms with E-state index in [4.69, 9.17) is 22.1 Å². The zero-order valence-corrected chi connectivity index (χ0v) is 11.3. The normalized spacial score (nSPS) is 11.2. The van der Waals surface area contributed by atoms with Crippen molar-refractivity contribution in [3.05, 3.63) is 26.8 Å². The Morgan fingerprint density at radius 3 is 2.67 bits per heavy atom. The van der Waals surface area contributed by atoms with Crippen LogP contribution < -0.4 is 10.5 Å². The number of halogens is 2. The van der Waals surface area contributed by atoms with Crippen molar-refractivity contribution < 1.29 is 9.53 Å². The molecule has 0 heterocycles. The van der Waals surface area contributed by atoms with Crippen molar-refractivity contribution in [2.45, 2.75) is 19.4 Å². The van der Waals surface area contributed by atoms with Crippen LogP contribution in [-0.4, -0.2) is 11.5 Å². The molecule has 0 fully saturated rings. The van der Waals surface area contributed by atoms with E-state index in [9.17, 15) is 4.79 Å². The van der Waals surface area contributed by atoms with Gasteiger partial charge in [-0.3, -0.25) is 4.79 Å². The highest BCUT2D eigenvalue weighted by Crippen LogP contribution is 2.31. The number of rotatable bonds is 3. The second kappa shape index (κ2) is 4.57. The Balaban J connectivity index is 3.00. The average Bonchev–Trinajstić information content (AvgIpc) is 2.12. The van der Waals surface area contributed by atoms with Gasteiger partial charge in [0, 0.05) is 3.57 Å². The van der Waals surface area contributed by atoms with Gasteiger partial charge in [0.1, 0.15) is 5.75 Å². The van der Waals surface area contributed by atoms with Gasteiger partial charge in [-0.2, -0.15) is 0 Å². The molecule has 0 saturated carbocycles. The number of primary amides is 1. The van der Waals surface area contributed by atoms with Gasteiger partial charge in [0.05, 0.1) is 5.02 Å². The fourth-order valence-electron chi connectivity index (χ4n) is 0.888. The number of amides is 1. The predicted octanol–water partition coefficient (Wildman–Crippen LogP) is 2.59. The molecule has 0 radical (unpaired) electrons. The molecule has 1 aromatic carbocycles. The lowest BCUT2D eigenvalue weighted by Gasteiger charge is -2.23. The molecule has 0 aromatic heterocycles. The van der Waals surface area contributed by atoms with Gasteiger partial charge in [0.2, 0.25) is 0 Å². The van der Waals surface area contributed by atoms with E-state index in [1.165, 1.54) is 0 Å². The van der Waals surface area contributed by atoms with Crippen LogP contribution in [0.25, 0.3) is 0 Å². The number of carbonyl (C=O) groups excluding carboxylic acids is 1. The number of benzene rings is 1. The first-order chi connectivity index (χ1) is 6.84. The molecule has 0 bridgehead atoms. The first-order valence-corrected chi connectivity index (χ1v) is 5.73. The minimum absolute atomic E-state index is 0.465. The van der Waals surface area contributed by atoms with Gasteiger partial charge >= 0.3 is 0 Å². The number of hydrogen-bond donors (Lipinski definition) is 1. The number of ether oxygens (including phenoxy) is 1. The van der Waals surface area contributed by atoms with E-state index < -0.39 is 11.5 Å². The lowest BCUT2D eigenvalue weighted by atomic mass is 10.1. The second-order valence-corrected chi connectivity index (χ2v) is 5.07. The summed E-state index contributed by atoms with van der Waals surface area (Å²) in [4.78, 5) is 11.1. The van der Waals surface area contributed by atoms with E-state index in [-0.39, 0.29) is 0 Å². The molecule has 0 spiro atoms. The van der Waals surface area contributed by atoms with Crippen molar-refractivity contribution in [2.24, 2.45) is 5.73 Å². The summed E-state index contributed by atoms with van der Waals surface area (Å²) < 4.78 is 6.33. The van der Waals surface area contributed by atoms with Crippen molar-refractivity contribution in [3.63, 3.8) is 0 Å². The lowest BCUT2D eigenvalue weighted by Crippen LogP contribution is -2.43. The number of hydrogen-bond acceptors (Lipinski definition) is 2. The highest BCUT2D eigenvalue weighted by molar-refractivity contribution is 14.1. The Kier molecular flexibility index (Phi) is 3.83. The molecule has 82 valence electrons. The minimum Gasteiger partial charge on any atom is -0.476 e. The summed E-state index contributed by atoms with van der Waals surface area (Å²) in [5.74, 6) is -0.0650. The van der Waals surface area contributed by atoms with E-state index >= 15 is 0 Å². The van der Waals surface area contributed by atoms with Crippen molar-refractivity contribution in [1.29, 1.82) is 0 Å². The molecule has 0 aliphatic heterocycles. The predicted molar refractivity (Wildman–Crippen MR) is 68.1 cm³/mol. The summed E-state index contributed by atoms with van der Waals surface area (Å²) >= 11 is 8.11. The fourth-order valence-corrected chi connectivity index (χ4v) is 1.53. The molecule has 1 rings (SSSR count). The third-order valence-electron chi connectivity index (χ3n) is 1.87. The molecule has 0 atom stereocenters. The van der Waals surface area contributed by atoms with Crippen molar-refractivity contribution in [2.75, 3.05) is 0 Å². The molecule has 3 nitrogen and oxygen atoms in total. The molecule has 5 heteroatoms. The van der Waals surface area contributed by atoms with Crippen LogP contribution in [-0.2, 0) is 4.79 Å². The van der Waals surface area contributed by atoms with E-state index in [1.807, 2.05) is 6.07 Å². The van der Waals surface area contributed by atoms with Crippen molar-refractivity contribution in [3.8, 4) is 5.75 Å². The molecule has 0 aliphatic rings. The molecular weight excluding hydrogens is 328 g/mol. The van der Waals surface area contributed by atoms with Crippen molar-refractivity contribution in [1.82, 2.24) is 0 Å². The van der Waals surface area contributed by atoms with Crippen molar-refractivity contribution >= 4 is 40.1 Å². The molecule has 0 aliphatic carbocycles. The first-order valence-electron chi connectivity index (χ1n) is 4.27. The number of carbonyl (C=O) groups is 1. The van der Waals surface area contributed by atoms with Gasteiger partial charge in [0.25, 0.3) is 5.91 Å². The highest BCUT2D eigenvalue weighted by atomic mass is 127. The van der Waals surface area contributed by atoms with Gasteiger partial charge in [-0.15, -0.1) is 0 Å². The first kappa shape index (κ1) is 12.6. The third kappa shape index (κ3) is 2.98. The highest BCUT2D eigenvalue weighted by Gasteiger charge is 2.28. The quantitative estimate of drug-likeness (QED) is 0.861. The van der Waals surface area contributed by atoms with Crippen LogP contribution in [0.15, 0.2) is 18.2 Å². The maximum absolute atomic E-state index is 11.1. The van der Waals surface area contributed by atoms with Crippen LogP contribution in [0.5, 0.6) is 5.75 Å². The van der Waals surface area contributed by atoms with E-state index in [0.29, 0.717) is 10.8 Å². The smallest absolute Gasteiger partial charge is 0.261 e. The van der Waals surface area contributed by atoms with Crippen LogP contribution in [0.2, 0.25) is 5.02 Å². The zero-order valence-electron chi connectivity index (χ0n) is 8.38. The van der Waals surface area contributed by atoms with Crippen LogP contribution in [0, 0.1) is 3.57 Å². The van der Waals surface area contributed by atoms with Gasteiger partial charge in [-0.25, -0.2) is 0 Å². The Morgan fingerprint density at radius 1 is 1.53 bits per heavy atom. The third-order valence-corrected chi connectivity index (χ3v) is 3.48. The van der Waals surface area contributed by atoms with Crippen LogP contribution in [0.1, 0.15) is 13.8 Å². The van der Waals surface area contributed by atoms with Gasteiger partial charge in [-0.1, -0.05) is 17.7 Å². The van der Waals surface area contributed by atoms with Crippen LogP contribution in [0.3, 0.4) is 0 Å². The Labute approximate surface area is 107 Å². The zero-order chi connectivity index (χ0) is 11.6. The van der Waals surface area contributed by atoms with Gasteiger partial charge in [0.15, 0.2) is 5.60 Å². The largest absolute Gasteiger partial charge is 0.476 e. The second-order valence-electron chi connectivity index (χ2n) is 3.53. The van der Waals surface area contributed by atoms with Crippen LogP contribution >= 0.6 is 34.2 Å². The average molecular weight is 340 g/mol. The minimum atomic E-state index is -1.06. The summed E-state index contributed by atoms with van der Waals surface area (Å²) in [6.07, 6.45) is 0. The summed E-state index contributed by atoms with van der Waals surface area (Å²) in [6.45, 7) is 3.21. The molecule has 0 saturated heterocycles. The Morgan fingerprint density at radius 2 is 2.13 bits per heavy atom. The summed E-state index contributed by atoms with van der Waals surface area (Å²) in [5.41, 5.74) is 4.14. The molecule has 0 unspecified atom stereocenters. The van der Waals surface area contributed by atoms with Gasteiger partial charge < -0.3 is 10.5 Å². The summed E-state index contributed by atoms with van der Waals surface area (Å²) in [5, 5.41) is 0.493. The standard InChI is InChI=1S/C10H11ClINO2/c1-10(2,9(13)14)15-7-5-3-4-6(12)8(7)11/h3-5H,1-2H3,(H2,13,14). The molecule has 2 N–H and O–H groups in total. The Hall–Kier alpha value is -0.490. The van der Waals surface area contributed by atoms with E-state index in [1.54, 1.807) is 26.0 Å². The summed E-state index contributed by atoms with van der Waals surface area (Å²) in [7, 11) is 0. The number of nitrogens with two attached hydrogens (primary N) is 1. The molecule has 1 amide bonds. The van der Waals surface area contributed by atoms with E-state index in [0.717, 1.165) is 3.57 Å². The maximum Gasteiger partial charge on any atom is 0.261 e. The van der Waals surface area contributed by atoms with Crippen LogP contribution in [0.4, 0.5) is 0 Å². The van der Waals surface area contributed by atoms with Gasteiger partial charge in [-0.05, 0) is 48.6 Å². The topological polar surface area (TPSA) is 52.3 Å². The van der Waals surface area contributed by atoms with E-state index in [2.05, 4.69) is 22.6 Å². The maximum atomic E-state index is 11.1. The Bertz CT molecular complexity index is 393. The fraction of sp³-hybridized carbons (Fsp3) is 0.300. The lowest BCUT2D eigenvalue weighted by molar-refractivity contribution is -0.130. The SMILES string of the molecule is CC(C)(Oc1cccc(I)c1Cl)C(N)=O. The monoisotopic (exact) mass is 339 g/mol. The molecular formula is C10H11ClINO2. The molecule has 1 aromatic rings.